The Labute approximate surface area is 173 Å². The summed E-state index contributed by atoms with van der Waals surface area (Å²) in [7, 11) is 0. The van der Waals surface area contributed by atoms with Crippen LogP contribution in [0.15, 0.2) is 53.5 Å². The lowest BCUT2D eigenvalue weighted by Crippen LogP contribution is -2.35. The zero-order chi connectivity index (χ0) is 20.4. The molecule has 0 atom stereocenters. The van der Waals surface area contributed by atoms with Gasteiger partial charge in [-0.3, -0.25) is 14.5 Å². The Kier molecular flexibility index (Phi) is 5.67. The Morgan fingerprint density at radius 1 is 1.03 bits per heavy atom. The molecule has 6 nitrogen and oxygen atoms in total. The van der Waals surface area contributed by atoms with Gasteiger partial charge in [0.25, 0.3) is 5.91 Å². The SMILES string of the molecule is NC(=O)c1cn(Cc2ccc(CN3CCOCC3)cc2)c2ccc(Cl)cc2c1=O. The summed E-state index contributed by atoms with van der Waals surface area (Å²) in [5, 5.41) is 0.827. The zero-order valence-electron chi connectivity index (χ0n) is 15.9. The van der Waals surface area contributed by atoms with E-state index < -0.39 is 11.3 Å². The minimum atomic E-state index is -0.744. The second-order valence-electron chi connectivity index (χ2n) is 7.23. The number of morpholine rings is 1. The van der Waals surface area contributed by atoms with Crippen LogP contribution in [0.4, 0.5) is 0 Å². The van der Waals surface area contributed by atoms with Gasteiger partial charge in [0, 0.05) is 42.8 Å². The van der Waals surface area contributed by atoms with Crippen LogP contribution in [0.2, 0.25) is 5.02 Å². The Balaban J connectivity index is 1.62. The molecule has 0 unspecified atom stereocenters. The van der Waals surface area contributed by atoms with Crippen molar-refractivity contribution in [3.8, 4) is 0 Å². The van der Waals surface area contributed by atoms with Crippen molar-refractivity contribution in [1.82, 2.24) is 9.47 Å². The standard InChI is InChI=1S/C22H22ClN3O3/c23-17-5-6-20-18(11-17)21(27)19(22(24)28)14-26(20)13-16-3-1-15(2-4-16)12-25-7-9-29-10-8-25/h1-6,11,14H,7-10,12-13H2,(H2,24,28). The van der Waals surface area contributed by atoms with Crippen molar-refractivity contribution in [3.63, 3.8) is 0 Å². The Morgan fingerprint density at radius 3 is 2.34 bits per heavy atom. The lowest BCUT2D eigenvalue weighted by atomic mass is 10.1. The molecule has 1 aliphatic rings. The largest absolute Gasteiger partial charge is 0.379 e. The van der Waals surface area contributed by atoms with Crippen LogP contribution in [0.25, 0.3) is 10.9 Å². The molecule has 1 saturated heterocycles. The number of nitrogens with two attached hydrogens (primary N) is 1. The van der Waals surface area contributed by atoms with E-state index in [2.05, 4.69) is 29.2 Å². The summed E-state index contributed by atoms with van der Waals surface area (Å²) in [5.74, 6) is -0.744. The fraction of sp³-hybridized carbons (Fsp3) is 0.273. The molecule has 150 valence electrons. The number of fused-ring (bicyclic) bond motifs is 1. The first kappa shape index (κ1) is 19.6. The van der Waals surface area contributed by atoms with Crippen molar-refractivity contribution in [2.24, 2.45) is 5.73 Å². The quantitative estimate of drug-likeness (QED) is 0.700. The number of rotatable bonds is 5. The molecule has 1 aliphatic heterocycles. The number of hydrogen-bond donors (Lipinski definition) is 1. The van der Waals surface area contributed by atoms with Gasteiger partial charge in [-0.2, -0.15) is 0 Å². The number of nitrogens with zero attached hydrogens (tertiary/aromatic N) is 2. The van der Waals surface area contributed by atoms with E-state index in [1.807, 2.05) is 4.57 Å². The van der Waals surface area contributed by atoms with Gasteiger partial charge in [-0.25, -0.2) is 0 Å². The van der Waals surface area contributed by atoms with E-state index in [1.165, 1.54) is 11.8 Å². The number of primary amides is 1. The molecule has 0 bridgehead atoms. The first-order valence-corrected chi connectivity index (χ1v) is 9.89. The predicted molar refractivity (Wildman–Crippen MR) is 113 cm³/mol. The number of carbonyl (C=O) groups excluding carboxylic acids is 1. The van der Waals surface area contributed by atoms with Gasteiger partial charge in [-0.05, 0) is 29.3 Å². The third-order valence-electron chi connectivity index (χ3n) is 5.19. The molecule has 4 rings (SSSR count). The first-order chi connectivity index (χ1) is 14.0. The van der Waals surface area contributed by atoms with Gasteiger partial charge in [0.15, 0.2) is 0 Å². The van der Waals surface area contributed by atoms with Gasteiger partial charge in [-0.1, -0.05) is 35.9 Å². The summed E-state index contributed by atoms with van der Waals surface area (Å²) in [6.07, 6.45) is 1.53. The van der Waals surface area contributed by atoms with E-state index in [-0.39, 0.29) is 5.56 Å². The molecule has 1 aromatic heterocycles. The number of amides is 1. The zero-order valence-corrected chi connectivity index (χ0v) is 16.7. The molecular formula is C22H22ClN3O3. The van der Waals surface area contributed by atoms with E-state index >= 15 is 0 Å². The maximum Gasteiger partial charge on any atom is 0.254 e. The maximum absolute atomic E-state index is 12.6. The van der Waals surface area contributed by atoms with E-state index in [0.717, 1.165) is 38.4 Å². The minimum Gasteiger partial charge on any atom is -0.379 e. The van der Waals surface area contributed by atoms with Gasteiger partial charge in [-0.15, -0.1) is 0 Å². The number of benzene rings is 2. The van der Waals surface area contributed by atoms with Crippen molar-refractivity contribution < 1.29 is 9.53 Å². The van der Waals surface area contributed by atoms with Crippen LogP contribution in [0.5, 0.6) is 0 Å². The summed E-state index contributed by atoms with van der Waals surface area (Å²) in [6.45, 7) is 4.87. The summed E-state index contributed by atoms with van der Waals surface area (Å²) < 4.78 is 7.26. The van der Waals surface area contributed by atoms with Crippen LogP contribution >= 0.6 is 11.6 Å². The van der Waals surface area contributed by atoms with Crippen molar-refractivity contribution in [3.05, 3.63) is 80.6 Å². The fourth-order valence-corrected chi connectivity index (χ4v) is 3.81. The predicted octanol–water partition coefficient (Wildman–Crippen LogP) is 2.63. The molecule has 1 fully saturated rings. The number of pyridine rings is 1. The Morgan fingerprint density at radius 2 is 1.69 bits per heavy atom. The average Bonchev–Trinajstić information content (AvgIpc) is 2.72. The molecule has 0 aliphatic carbocycles. The number of ether oxygens (including phenoxy) is 1. The molecule has 3 aromatic rings. The van der Waals surface area contributed by atoms with Crippen molar-refractivity contribution in [2.75, 3.05) is 26.3 Å². The topological polar surface area (TPSA) is 77.6 Å². The van der Waals surface area contributed by atoms with Crippen molar-refractivity contribution in [1.29, 1.82) is 0 Å². The highest BCUT2D eigenvalue weighted by Crippen LogP contribution is 2.19. The summed E-state index contributed by atoms with van der Waals surface area (Å²) in [4.78, 5) is 26.7. The van der Waals surface area contributed by atoms with Crippen LogP contribution < -0.4 is 11.2 Å². The van der Waals surface area contributed by atoms with Crippen molar-refractivity contribution >= 4 is 28.4 Å². The lowest BCUT2D eigenvalue weighted by Gasteiger charge is -2.26. The third kappa shape index (κ3) is 4.34. The molecule has 2 aromatic carbocycles. The monoisotopic (exact) mass is 411 g/mol. The van der Waals surface area contributed by atoms with Gasteiger partial charge in [0.1, 0.15) is 5.56 Å². The second kappa shape index (κ2) is 8.37. The van der Waals surface area contributed by atoms with E-state index in [0.29, 0.717) is 22.5 Å². The molecule has 0 radical (unpaired) electrons. The van der Waals surface area contributed by atoms with Gasteiger partial charge in [0.2, 0.25) is 5.43 Å². The van der Waals surface area contributed by atoms with Gasteiger partial charge >= 0.3 is 0 Å². The number of aromatic nitrogens is 1. The lowest BCUT2D eigenvalue weighted by molar-refractivity contribution is 0.0342. The number of carbonyl (C=O) groups is 1. The van der Waals surface area contributed by atoms with Gasteiger partial charge < -0.3 is 15.0 Å². The van der Waals surface area contributed by atoms with Crippen LogP contribution in [-0.2, 0) is 17.8 Å². The maximum atomic E-state index is 12.6. The average molecular weight is 412 g/mol. The summed E-state index contributed by atoms with van der Waals surface area (Å²) in [6, 6.07) is 13.5. The summed E-state index contributed by atoms with van der Waals surface area (Å²) >= 11 is 6.06. The van der Waals surface area contributed by atoms with Crippen LogP contribution in [-0.4, -0.2) is 41.7 Å². The van der Waals surface area contributed by atoms with Crippen LogP contribution in [0.3, 0.4) is 0 Å². The highest BCUT2D eigenvalue weighted by atomic mass is 35.5. The smallest absolute Gasteiger partial charge is 0.254 e. The normalized spacial score (nSPS) is 14.9. The minimum absolute atomic E-state index is 0.0382. The molecular weight excluding hydrogens is 390 g/mol. The highest BCUT2D eigenvalue weighted by Gasteiger charge is 2.14. The van der Waals surface area contributed by atoms with Crippen LogP contribution in [0, 0.1) is 0 Å². The van der Waals surface area contributed by atoms with E-state index in [4.69, 9.17) is 22.1 Å². The molecule has 2 N–H and O–H groups in total. The van der Waals surface area contributed by atoms with Gasteiger partial charge in [0.05, 0.1) is 18.7 Å². The summed E-state index contributed by atoms with van der Waals surface area (Å²) in [5.41, 5.74) is 7.99. The van der Waals surface area contributed by atoms with Crippen LogP contribution in [0.1, 0.15) is 21.5 Å². The Hall–Kier alpha value is -2.67. The molecule has 29 heavy (non-hydrogen) atoms. The van der Waals surface area contributed by atoms with E-state index in [1.54, 1.807) is 18.2 Å². The first-order valence-electron chi connectivity index (χ1n) is 9.52. The third-order valence-corrected chi connectivity index (χ3v) is 5.43. The molecule has 7 heteroatoms. The fourth-order valence-electron chi connectivity index (χ4n) is 3.64. The number of hydrogen-bond acceptors (Lipinski definition) is 4. The molecule has 1 amide bonds. The molecule has 2 heterocycles. The van der Waals surface area contributed by atoms with E-state index in [9.17, 15) is 9.59 Å². The highest BCUT2D eigenvalue weighted by molar-refractivity contribution is 6.31. The number of halogens is 1. The Bertz CT molecular complexity index is 1100. The van der Waals surface area contributed by atoms with Crippen molar-refractivity contribution in [2.45, 2.75) is 13.1 Å². The second-order valence-corrected chi connectivity index (χ2v) is 7.67. The molecule has 0 saturated carbocycles. The molecule has 0 spiro atoms.